The van der Waals surface area contributed by atoms with E-state index in [0.29, 0.717) is 6.04 Å². The summed E-state index contributed by atoms with van der Waals surface area (Å²) in [6, 6.07) is 25.6. The Labute approximate surface area is 172 Å². The molecule has 0 N–H and O–H groups in total. The molecule has 3 heterocycles. The van der Waals surface area contributed by atoms with Crippen LogP contribution in [0.5, 0.6) is 0 Å². The minimum Gasteiger partial charge on any atom is -0.456 e. The Bertz CT molecular complexity index is 1780. The highest BCUT2D eigenvalue weighted by Crippen LogP contribution is 2.45. The second-order valence-corrected chi connectivity index (χ2v) is 8.33. The molecule has 4 aromatic carbocycles. The van der Waals surface area contributed by atoms with Gasteiger partial charge < -0.3 is 13.4 Å². The lowest BCUT2D eigenvalue weighted by Crippen LogP contribution is -1.99. The Balaban J connectivity index is 1.85. The van der Waals surface area contributed by atoms with Crippen molar-refractivity contribution in [1.29, 1.82) is 0 Å². The van der Waals surface area contributed by atoms with Crippen molar-refractivity contribution in [3.05, 3.63) is 72.8 Å². The summed E-state index contributed by atoms with van der Waals surface area (Å²) in [5.74, 6) is 0. The Hall–Kier alpha value is -3.72. The summed E-state index contributed by atoms with van der Waals surface area (Å²) in [5.41, 5.74) is 6.13. The molecule has 0 aliphatic heterocycles. The fourth-order valence-corrected chi connectivity index (χ4v) is 5.17. The number of benzene rings is 4. The lowest BCUT2D eigenvalue weighted by molar-refractivity contribution is 0.641. The topological polar surface area (TPSA) is 31.2 Å². The zero-order valence-electron chi connectivity index (χ0n) is 16.8. The largest absolute Gasteiger partial charge is 0.456 e. The standard InChI is InChI=1S/C27H19NO2/c1-15(2)28-19-13-14-23-24(18-8-4-6-10-22(18)29-23)25(19)26-20(28)12-11-17-16-7-3-5-9-21(16)30-27(17)26/h3-15H,1-2H3. The van der Waals surface area contributed by atoms with Gasteiger partial charge in [0.1, 0.15) is 22.3 Å². The molecular weight excluding hydrogens is 370 g/mol. The molecule has 3 aromatic heterocycles. The van der Waals surface area contributed by atoms with Gasteiger partial charge in [0.25, 0.3) is 0 Å². The summed E-state index contributed by atoms with van der Waals surface area (Å²) in [7, 11) is 0. The van der Waals surface area contributed by atoms with E-state index in [1.807, 2.05) is 24.3 Å². The van der Waals surface area contributed by atoms with Gasteiger partial charge in [0, 0.05) is 33.0 Å². The molecule has 7 aromatic rings. The van der Waals surface area contributed by atoms with E-state index in [-0.39, 0.29) is 0 Å². The molecule has 0 amide bonds. The first kappa shape index (κ1) is 16.1. The maximum Gasteiger partial charge on any atom is 0.145 e. The van der Waals surface area contributed by atoms with Gasteiger partial charge in [-0.2, -0.15) is 0 Å². The van der Waals surface area contributed by atoms with Crippen molar-refractivity contribution < 1.29 is 8.83 Å². The van der Waals surface area contributed by atoms with Crippen molar-refractivity contribution in [2.45, 2.75) is 19.9 Å². The summed E-state index contributed by atoms with van der Waals surface area (Å²) >= 11 is 0. The van der Waals surface area contributed by atoms with E-state index in [9.17, 15) is 0 Å². The van der Waals surface area contributed by atoms with Gasteiger partial charge in [-0.05, 0) is 50.2 Å². The summed E-state index contributed by atoms with van der Waals surface area (Å²) in [5, 5.41) is 7.01. The number of fused-ring (bicyclic) bond motifs is 11. The molecule has 0 bridgehead atoms. The third-order valence-electron chi connectivity index (χ3n) is 6.33. The number of hydrogen-bond donors (Lipinski definition) is 0. The zero-order chi connectivity index (χ0) is 20.0. The summed E-state index contributed by atoms with van der Waals surface area (Å²) in [6.45, 7) is 4.47. The highest BCUT2D eigenvalue weighted by atomic mass is 16.3. The minimum absolute atomic E-state index is 0.322. The average molecular weight is 389 g/mol. The molecule has 0 aliphatic rings. The quantitative estimate of drug-likeness (QED) is 0.283. The first-order valence-electron chi connectivity index (χ1n) is 10.4. The molecule has 0 saturated heterocycles. The predicted octanol–water partition coefficient (Wildman–Crippen LogP) is 8.17. The van der Waals surface area contributed by atoms with E-state index >= 15 is 0 Å². The molecule has 0 spiro atoms. The molecular formula is C27H19NO2. The van der Waals surface area contributed by atoms with Crippen LogP contribution in [-0.2, 0) is 0 Å². The summed E-state index contributed by atoms with van der Waals surface area (Å²) in [6.07, 6.45) is 0. The van der Waals surface area contributed by atoms with Crippen molar-refractivity contribution >= 4 is 65.7 Å². The van der Waals surface area contributed by atoms with Gasteiger partial charge in [-0.1, -0.05) is 36.4 Å². The zero-order valence-corrected chi connectivity index (χ0v) is 16.8. The Morgan fingerprint density at radius 3 is 2.03 bits per heavy atom. The fourth-order valence-electron chi connectivity index (χ4n) is 5.17. The second-order valence-electron chi connectivity index (χ2n) is 8.33. The number of aromatic nitrogens is 1. The molecule has 0 unspecified atom stereocenters. The molecule has 7 rings (SSSR count). The highest BCUT2D eigenvalue weighted by molar-refractivity contribution is 6.32. The maximum atomic E-state index is 6.46. The van der Waals surface area contributed by atoms with Gasteiger partial charge in [-0.3, -0.25) is 0 Å². The second kappa shape index (κ2) is 5.45. The van der Waals surface area contributed by atoms with Gasteiger partial charge in [0.05, 0.1) is 16.4 Å². The summed E-state index contributed by atoms with van der Waals surface area (Å²) < 4.78 is 15.1. The third-order valence-corrected chi connectivity index (χ3v) is 6.33. The van der Waals surface area contributed by atoms with Crippen LogP contribution in [0.3, 0.4) is 0 Å². The lowest BCUT2D eigenvalue weighted by atomic mass is 10.0. The van der Waals surface area contributed by atoms with Crippen LogP contribution >= 0.6 is 0 Å². The Morgan fingerprint density at radius 2 is 1.23 bits per heavy atom. The van der Waals surface area contributed by atoms with E-state index in [0.717, 1.165) is 38.5 Å². The molecule has 3 heteroatoms. The van der Waals surface area contributed by atoms with E-state index < -0.39 is 0 Å². The van der Waals surface area contributed by atoms with Crippen LogP contribution in [0.2, 0.25) is 0 Å². The van der Waals surface area contributed by atoms with Crippen molar-refractivity contribution in [1.82, 2.24) is 4.57 Å². The van der Waals surface area contributed by atoms with Crippen LogP contribution in [0.25, 0.3) is 65.7 Å². The number of furan rings is 2. The smallest absolute Gasteiger partial charge is 0.145 e. The maximum absolute atomic E-state index is 6.46. The van der Waals surface area contributed by atoms with Gasteiger partial charge >= 0.3 is 0 Å². The van der Waals surface area contributed by atoms with Gasteiger partial charge in [-0.15, -0.1) is 0 Å². The van der Waals surface area contributed by atoms with Crippen molar-refractivity contribution in [2.24, 2.45) is 0 Å². The first-order valence-corrected chi connectivity index (χ1v) is 10.4. The SMILES string of the molecule is CC(C)n1c2ccc3c4ccccc4oc3c2c2c3c(ccc21)oc1ccccc13. The van der Waals surface area contributed by atoms with Gasteiger partial charge in [0.2, 0.25) is 0 Å². The molecule has 0 atom stereocenters. The Morgan fingerprint density at radius 1 is 0.567 bits per heavy atom. The molecule has 0 saturated carbocycles. The normalized spacial score (nSPS) is 12.6. The van der Waals surface area contributed by atoms with Crippen LogP contribution < -0.4 is 0 Å². The number of rotatable bonds is 1. The third kappa shape index (κ3) is 1.85. The van der Waals surface area contributed by atoms with Crippen LogP contribution in [0.4, 0.5) is 0 Å². The average Bonchev–Trinajstić information content (AvgIpc) is 3.41. The molecule has 3 nitrogen and oxygen atoms in total. The van der Waals surface area contributed by atoms with E-state index in [2.05, 4.69) is 66.9 Å². The molecule has 0 aliphatic carbocycles. The van der Waals surface area contributed by atoms with E-state index in [1.165, 1.54) is 27.2 Å². The summed E-state index contributed by atoms with van der Waals surface area (Å²) in [4.78, 5) is 0. The van der Waals surface area contributed by atoms with Crippen LogP contribution in [0.1, 0.15) is 19.9 Å². The molecule has 0 radical (unpaired) electrons. The number of para-hydroxylation sites is 2. The van der Waals surface area contributed by atoms with Crippen LogP contribution in [0, 0.1) is 0 Å². The van der Waals surface area contributed by atoms with E-state index in [1.54, 1.807) is 0 Å². The molecule has 0 fully saturated rings. The monoisotopic (exact) mass is 389 g/mol. The van der Waals surface area contributed by atoms with Crippen molar-refractivity contribution in [3.8, 4) is 0 Å². The minimum atomic E-state index is 0.322. The highest BCUT2D eigenvalue weighted by Gasteiger charge is 2.22. The van der Waals surface area contributed by atoms with Gasteiger partial charge in [-0.25, -0.2) is 0 Å². The molecule has 144 valence electrons. The Kier molecular flexibility index (Phi) is 2.93. The van der Waals surface area contributed by atoms with Crippen molar-refractivity contribution in [3.63, 3.8) is 0 Å². The van der Waals surface area contributed by atoms with Gasteiger partial charge in [0.15, 0.2) is 0 Å². The fraction of sp³-hybridized carbons (Fsp3) is 0.111. The number of hydrogen-bond acceptors (Lipinski definition) is 2. The van der Waals surface area contributed by atoms with Crippen molar-refractivity contribution in [2.75, 3.05) is 0 Å². The van der Waals surface area contributed by atoms with Crippen LogP contribution in [-0.4, -0.2) is 4.57 Å². The molecule has 30 heavy (non-hydrogen) atoms. The first-order chi connectivity index (χ1) is 14.7. The lowest BCUT2D eigenvalue weighted by Gasteiger charge is -2.11. The predicted molar refractivity (Wildman–Crippen MR) is 124 cm³/mol. The van der Waals surface area contributed by atoms with Crippen LogP contribution in [0.15, 0.2) is 81.6 Å². The number of nitrogens with zero attached hydrogens (tertiary/aromatic N) is 1. The van der Waals surface area contributed by atoms with E-state index in [4.69, 9.17) is 8.83 Å².